The predicted molar refractivity (Wildman–Crippen MR) is 88.5 cm³/mol. The van der Waals surface area contributed by atoms with Crippen LogP contribution in [-0.4, -0.2) is 16.3 Å². The van der Waals surface area contributed by atoms with E-state index >= 15 is 0 Å². The fourth-order valence-electron chi connectivity index (χ4n) is 3.06. The summed E-state index contributed by atoms with van der Waals surface area (Å²) in [6.07, 6.45) is 7.33. The Kier molecular flexibility index (Phi) is 4.38. The zero-order valence-corrected chi connectivity index (χ0v) is 14.4. The zero-order valence-electron chi connectivity index (χ0n) is 12.8. The molecule has 0 bridgehead atoms. The quantitative estimate of drug-likeness (QED) is 0.815. The van der Waals surface area contributed by atoms with Gasteiger partial charge in [-0.3, -0.25) is 4.79 Å². The largest absolute Gasteiger partial charge is 0.382 e. The Morgan fingerprint density at radius 3 is 2.48 bits per heavy atom. The molecule has 0 atom stereocenters. The van der Waals surface area contributed by atoms with Crippen molar-refractivity contribution in [3.05, 3.63) is 21.0 Å². The Hall–Kier alpha value is -0.840. The Morgan fingerprint density at radius 1 is 1.33 bits per heavy atom. The van der Waals surface area contributed by atoms with E-state index in [1.165, 1.54) is 25.7 Å². The Labute approximate surface area is 134 Å². The molecule has 1 aromatic heterocycles. The van der Waals surface area contributed by atoms with Crippen LogP contribution in [0.15, 0.2) is 15.5 Å². The Balaban J connectivity index is 1.67. The monoisotopic (exact) mass is 353 g/mol. The first kappa shape index (κ1) is 15.1. The number of anilines is 1. The van der Waals surface area contributed by atoms with Crippen LogP contribution in [-0.2, 0) is 6.54 Å². The van der Waals surface area contributed by atoms with Gasteiger partial charge in [-0.15, -0.1) is 0 Å². The summed E-state index contributed by atoms with van der Waals surface area (Å²) in [6, 6.07) is 0. The first-order valence-corrected chi connectivity index (χ1v) is 8.85. The minimum Gasteiger partial charge on any atom is -0.382 e. The maximum Gasteiger partial charge on any atom is 0.283 e. The number of aromatic nitrogens is 2. The molecular formula is C16H24BrN3O. The van der Waals surface area contributed by atoms with E-state index in [0.29, 0.717) is 16.9 Å². The molecule has 0 spiro atoms. The van der Waals surface area contributed by atoms with Gasteiger partial charge in [0.25, 0.3) is 5.56 Å². The highest BCUT2D eigenvalue weighted by atomic mass is 79.9. The normalized spacial score (nSPS) is 18.5. The second kappa shape index (κ2) is 6.11. The standard InChI is InChI=1S/C16H24BrN3O/c1-10(2)9-20-16(21)15(17)14(8-19-20)18-7-13(11-3-4-11)12-5-6-12/h8,10-13,18H,3-7,9H2,1-2H3. The van der Waals surface area contributed by atoms with E-state index in [4.69, 9.17) is 0 Å². The second-order valence-corrected chi connectivity index (χ2v) is 7.77. The highest BCUT2D eigenvalue weighted by Gasteiger charge is 2.41. The van der Waals surface area contributed by atoms with E-state index in [9.17, 15) is 4.79 Å². The van der Waals surface area contributed by atoms with E-state index in [-0.39, 0.29) is 5.56 Å². The van der Waals surface area contributed by atoms with E-state index in [1.807, 2.05) is 0 Å². The van der Waals surface area contributed by atoms with Gasteiger partial charge in [-0.2, -0.15) is 5.10 Å². The molecule has 0 aromatic carbocycles. The third kappa shape index (κ3) is 3.68. The molecule has 0 aliphatic heterocycles. The molecule has 0 unspecified atom stereocenters. The molecule has 0 radical (unpaired) electrons. The summed E-state index contributed by atoms with van der Waals surface area (Å²) in [5.74, 6) is 3.03. The van der Waals surface area contributed by atoms with Gasteiger partial charge in [0.2, 0.25) is 0 Å². The lowest BCUT2D eigenvalue weighted by Crippen LogP contribution is -2.27. The predicted octanol–water partition coefficient (Wildman–Crippen LogP) is 3.51. The maximum atomic E-state index is 12.3. The van der Waals surface area contributed by atoms with Crippen LogP contribution >= 0.6 is 15.9 Å². The maximum absolute atomic E-state index is 12.3. The smallest absolute Gasteiger partial charge is 0.283 e. The number of nitrogens with one attached hydrogen (secondary N) is 1. The topological polar surface area (TPSA) is 46.9 Å². The molecule has 2 saturated carbocycles. The van der Waals surface area contributed by atoms with Crippen molar-refractivity contribution in [3.63, 3.8) is 0 Å². The van der Waals surface area contributed by atoms with Crippen molar-refractivity contribution >= 4 is 21.6 Å². The lowest BCUT2D eigenvalue weighted by Gasteiger charge is -2.18. The van der Waals surface area contributed by atoms with Crippen molar-refractivity contribution in [1.29, 1.82) is 0 Å². The molecule has 0 saturated heterocycles. The van der Waals surface area contributed by atoms with Crippen molar-refractivity contribution in [2.75, 3.05) is 11.9 Å². The molecule has 1 aromatic rings. The number of halogens is 1. The Morgan fingerprint density at radius 2 is 1.95 bits per heavy atom. The third-order valence-electron chi connectivity index (χ3n) is 4.51. The van der Waals surface area contributed by atoms with E-state index in [2.05, 4.69) is 40.2 Å². The minimum atomic E-state index is -0.0388. The van der Waals surface area contributed by atoms with Crippen LogP contribution in [0.4, 0.5) is 5.69 Å². The van der Waals surface area contributed by atoms with Crippen LogP contribution in [0.3, 0.4) is 0 Å². The van der Waals surface area contributed by atoms with Crippen LogP contribution < -0.4 is 10.9 Å². The first-order chi connectivity index (χ1) is 10.1. The van der Waals surface area contributed by atoms with Crippen molar-refractivity contribution in [2.24, 2.45) is 23.7 Å². The van der Waals surface area contributed by atoms with Crippen LogP contribution in [0.1, 0.15) is 39.5 Å². The van der Waals surface area contributed by atoms with Gasteiger partial charge in [-0.1, -0.05) is 13.8 Å². The van der Waals surface area contributed by atoms with Crippen LogP contribution in [0, 0.1) is 23.7 Å². The van der Waals surface area contributed by atoms with Crippen LogP contribution in [0.5, 0.6) is 0 Å². The lowest BCUT2D eigenvalue weighted by atomic mass is 9.98. The van der Waals surface area contributed by atoms with E-state index < -0.39 is 0 Å². The SMILES string of the molecule is CC(C)Cn1ncc(NCC(C2CC2)C2CC2)c(Br)c1=O. The molecule has 2 aliphatic rings. The van der Waals surface area contributed by atoms with Gasteiger partial charge in [-0.25, -0.2) is 4.68 Å². The second-order valence-electron chi connectivity index (χ2n) is 6.97. The van der Waals surface area contributed by atoms with Crippen molar-refractivity contribution in [3.8, 4) is 0 Å². The number of hydrogen-bond acceptors (Lipinski definition) is 3. The van der Waals surface area contributed by atoms with E-state index in [0.717, 1.165) is 30.0 Å². The van der Waals surface area contributed by atoms with Crippen LogP contribution in [0.25, 0.3) is 0 Å². The van der Waals surface area contributed by atoms with Gasteiger partial charge in [-0.05, 0) is 65.3 Å². The molecule has 1 heterocycles. The van der Waals surface area contributed by atoms with Crippen molar-refractivity contribution < 1.29 is 0 Å². The van der Waals surface area contributed by atoms with Gasteiger partial charge < -0.3 is 5.32 Å². The van der Waals surface area contributed by atoms with Gasteiger partial charge in [0.1, 0.15) is 4.47 Å². The average molecular weight is 354 g/mol. The van der Waals surface area contributed by atoms with Gasteiger partial charge >= 0.3 is 0 Å². The van der Waals surface area contributed by atoms with Gasteiger partial charge in [0, 0.05) is 13.1 Å². The lowest BCUT2D eigenvalue weighted by molar-refractivity contribution is 0.427. The molecule has 21 heavy (non-hydrogen) atoms. The Bertz CT molecular complexity index is 549. The van der Waals surface area contributed by atoms with Crippen LogP contribution in [0.2, 0.25) is 0 Å². The molecule has 3 rings (SSSR count). The fourth-order valence-corrected chi connectivity index (χ4v) is 3.51. The number of rotatable bonds is 7. The minimum absolute atomic E-state index is 0.0388. The summed E-state index contributed by atoms with van der Waals surface area (Å²) < 4.78 is 2.16. The summed E-state index contributed by atoms with van der Waals surface area (Å²) in [7, 11) is 0. The third-order valence-corrected chi connectivity index (χ3v) is 5.27. The van der Waals surface area contributed by atoms with E-state index in [1.54, 1.807) is 10.9 Å². The molecule has 5 heteroatoms. The first-order valence-electron chi connectivity index (χ1n) is 8.05. The molecular weight excluding hydrogens is 330 g/mol. The van der Waals surface area contributed by atoms with Crippen molar-refractivity contribution in [1.82, 2.24) is 9.78 Å². The summed E-state index contributed by atoms with van der Waals surface area (Å²) in [5, 5.41) is 7.74. The molecule has 4 nitrogen and oxygen atoms in total. The summed E-state index contributed by atoms with van der Waals surface area (Å²) >= 11 is 3.44. The van der Waals surface area contributed by atoms with Crippen molar-refractivity contribution in [2.45, 2.75) is 46.1 Å². The summed E-state index contributed by atoms with van der Waals surface area (Å²) in [4.78, 5) is 12.3. The van der Waals surface area contributed by atoms with Gasteiger partial charge in [0.05, 0.1) is 11.9 Å². The molecule has 1 N–H and O–H groups in total. The highest BCUT2D eigenvalue weighted by Crippen LogP contribution is 2.49. The molecule has 116 valence electrons. The number of nitrogens with zero attached hydrogens (tertiary/aromatic N) is 2. The molecule has 2 fully saturated rings. The summed E-state index contributed by atoms with van der Waals surface area (Å²) in [5.41, 5.74) is 0.800. The highest BCUT2D eigenvalue weighted by molar-refractivity contribution is 9.10. The molecule has 0 amide bonds. The average Bonchev–Trinajstić information content (AvgIpc) is 3.30. The molecule has 2 aliphatic carbocycles. The fraction of sp³-hybridized carbons (Fsp3) is 0.750. The summed E-state index contributed by atoms with van der Waals surface area (Å²) in [6.45, 7) is 5.81. The zero-order chi connectivity index (χ0) is 15.0. The number of hydrogen-bond donors (Lipinski definition) is 1. The van der Waals surface area contributed by atoms with Gasteiger partial charge in [0.15, 0.2) is 0 Å².